The fourth-order valence-electron chi connectivity index (χ4n) is 3.80. The van der Waals surface area contributed by atoms with Crippen molar-refractivity contribution in [2.75, 3.05) is 18.1 Å². The van der Waals surface area contributed by atoms with Gasteiger partial charge in [0.2, 0.25) is 5.91 Å². The molecule has 1 aliphatic heterocycles. The van der Waals surface area contributed by atoms with E-state index < -0.39 is 30.3 Å². The average Bonchev–Trinajstić information content (AvgIpc) is 3.30. The molecule has 3 amide bonds. The zero-order valence-electron chi connectivity index (χ0n) is 20.5. The van der Waals surface area contributed by atoms with Crippen molar-refractivity contribution in [3.63, 3.8) is 0 Å². The molecule has 0 aromatic heterocycles. The van der Waals surface area contributed by atoms with Crippen molar-refractivity contribution in [2.45, 2.75) is 20.3 Å². The highest BCUT2D eigenvalue weighted by molar-refractivity contribution is 6.00. The van der Waals surface area contributed by atoms with Crippen LogP contribution >= 0.6 is 0 Å². The minimum atomic E-state index is -0.703. The van der Waals surface area contributed by atoms with Gasteiger partial charge in [0, 0.05) is 24.2 Å². The lowest BCUT2D eigenvalue weighted by molar-refractivity contribution is -0.152. The normalized spacial score (nSPS) is 14.7. The number of anilines is 1. The van der Waals surface area contributed by atoms with Gasteiger partial charge in [-0.05, 0) is 73.5 Å². The zero-order valence-corrected chi connectivity index (χ0v) is 20.5. The highest BCUT2D eigenvalue weighted by atomic mass is 16.5. The molecular formula is C28H27N3O6. The Balaban J connectivity index is 1.25. The molecular weight excluding hydrogens is 474 g/mol. The summed E-state index contributed by atoms with van der Waals surface area (Å²) >= 11 is 0. The summed E-state index contributed by atoms with van der Waals surface area (Å²) in [6, 6.07) is 21.2. The van der Waals surface area contributed by atoms with Gasteiger partial charge >= 0.3 is 5.97 Å². The van der Waals surface area contributed by atoms with Crippen LogP contribution in [0.15, 0.2) is 72.8 Å². The monoisotopic (exact) mass is 501 g/mol. The van der Waals surface area contributed by atoms with Crippen LogP contribution in [-0.4, -0.2) is 36.8 Å². The molecule has 0 aliphatic carbocycles. The molecule has 2 N–H and O–H groups in total. The number of nitrogens with one attached hydrogen (secondary N) is 2. The van der Waals surface area contributed by atoms with Crippen LogP contribution < -0.4 is 20.5 Å². The first-order valence-electron chi connectivity index (χ1n) is 11.8. The van der Waals surface area contributed by atoms with Gasteiger partial charge in [-0.25, -0.2) is 0 Å². The van der Waals surface area contributed by atoms with Crippen molar-refractivity contribution >= 4 is 29.4 Å². The summed E-state index contributed by atoms with van der Waals surface area (Å²) in [6.07, 6.45) is -0.0217. The predicted octanol–water partition coefficient (Wildman–Crippen LogP) is 3.45. The Hall–Kier alpha value is -4.66. The van der Waals surface area contributed by atoms with Gasteiger partial charge in [-0.3, -0.25) is 30.0 Å². The van der Waals surface area contributed by atoms with Crippen molar-refractivity contribution in [1.29, 1.82) is 0 Å². The smallest absolute Gasteiger partial charge is 0.311 e. The molecule has 37 heavy (non-hydrogen) atoms. The molecule has 1 atom stereocenters. The Morgan fingerprint density at radius 1 is 0.892 bits per heavy atom. The van der Waals surface area contributed by atoms with E-state index in [1.165, 1.54) is 10.5 Å². The van der Waals surface area contributed by atoms with Gasteiger partial charge in [-0.15, -0.1) is 0 Å². The van der Waals surface area contributed by atoms with Crippen molar-refractivity contribution < 1.29 is 28.7 Å². The molecule has 1 fully saturated rings. The first kappa shape index (κ1) is 25.4. The Morgan fingerprint density at radius 3 is 2.30 bits per heavy atom. The maximum atomic E-state index is 12.5. The molecule has 190 valence electrons. The van der Waals surface area contributed by atoms with Crippen molar-refractivity contribution in [1.82, 2.24) is 10.9 Å². The third-order valence-electron chi connectivity index (χ3n) is 6.02. The topological polar surface area (TPSA) is 114 Å². The summed E-state index contributed by atoms with van der Waals surface area (Å²) in [7, 11) is 0. The van der Waals surface area contributed by atoms with Crippen LogP contribution in [0.25, 0.3) is 0 Å². The number of benzene rings is 3. The summed E-state index contributed by atoms with van der Waals surface area (Å²) in [5.74, 6) is -1.43. The first-order valence-corrected chi connectivity index (χ1v) is 11.8. The lowest BCUT2D eigenvalue weighted by atomic mass is 10.1. The van der Waals surface area contributed by atoms with Gasteiger partial charge in [0.25, 0.3) is 11.8 Å². The maximum Gasteiger partial charge on any atom is 0.311 e. The van der Waals surface area contributed by atoms with Crippen molar-refractivity contribution in [2.24, 2.45) is 5.92 Å². The van der Waals surface area contributed by atoms with Crippen LogP contribution in [0.4, 0.5) is 5.69 Å². The third kappa shape index (κ3) is 6.52. The number of hydrogen-bond acceptors (Lipinski definition) is 6. The van der Waals surface area contributed by atoms with E-state index in [1.54, 1.807) is 54.6 Å². The van der Waals surface area contributed by atoms with E-state index >= 15 is 0 Å². The van der Waals surface area contributed by atoms with E-state index in [2.05, 4.69) is 10.9 Å². The van der Waals surface area contributed by atoms with E-state index in [-0.39, 0.29) is 18.9 Å². The number of aryl methyl sites for hydroxylation is 2. The van der Waals surface area contributed by atoms with Gasteiger partial charge in [0.1, 0.15) is 11.5 Å². The minimum Gasteiger partial charge on any atom is -0.457 e. The van der Waals surface area contributed by atoms with Crippen LogP contribution in [0.2, 0.25) is 0 Å². The molecule has 3 aromatic rings. The molecule has 9 nitrogen and oxygen atoms in total. The Kier molecular flexibility index (Phi) is 7.83. The van der Waals surface area contributed by atoms with Gasteiger partial charge in [0.15, 0.2) is 6.61 Å². The summed E-state index contributed by atoms with van der Waals surface area (Å²) < 4.78 is 11.0. The SMILES string of the molecule is Cc1ccc(Oc2ccc(N3C[C@@H](C(=O)OCC(=O)NNC(=O)c4ccccc4)CC3=O)cc2)cc1C. The van der Waals surface area contributed by atoms with E-state index in [4.69, 9.17) is 9.47 Å². The number of carbonyl (C=O) groups excluding carboxylic acids is 4. The highest BCUT2D eigenvalue weighted by Gasteiger charge is 2.36. The molecule has 0 saturated carbocycles. The van der Waals surface area contributed by atoms with Crippen molar-refractivity contribution in [3.05, 3.63) is 89.5 Å². The quantitative estimate of drug-likeness (QED) is 0.379. The summed E-state index contributed by atoms with van der Waals surface area (Å²) in [5, 5.41) is 0. The predicted molar refractivity (Wildman–Crippen MR) is 136 cm³/mol. The largest absolute Gasteiger partial charge is 0.457 e. The number of esters is 1. The van der Waals surface area contributed by atoms with Gasteiger partial charge in [-0.1, -0.05) is 24.3 Å². The second kappa shape index (κ2) is 11.4. The number of nitrogens with zero attached hydrogens (tertiary/aromatic N) is 1. The number of hydrogen-bond donors (Lipinski definition) is 2. The summed E-state index contributed by atoms with van der Waals surface area (Å²) in [4.78, 5) is 50.4. The van der Waals surface area contributed by atoms with E-state index in [9.17, 15) is 19.2 Å². The van der Waals surface area contributed by atoms with E-state index in [0.717, 1.165) is 11.3 Å². The van der Waals surface area contributed by atoms with Crippen LogP contribution in [0, 0.1) is 19.8 Å². The highest BCUT2D eigenvalue weighted by Crippen LogP contribution is 2.29. The Morgan fingerprint density at radius 2 is 1.59 bits per heavy atom. The molecule has 0 bridgehead atoms. The number of hydrazine groups is 1. The summed E-state index contributed by atoms with van der Waals surface area (Å²) in [6.45, 7) is 3.61. The third-order valence-corrected chi connectivity index (χ3v) is 6.02. The van der Waals surface area contributed by atoms with E-state index in [0.29, 0.717) is 17.0 Å². The van der Waals surface area contributed by atoms with Crippen LogP contribution in [0.3, 0.4) is 0 Å². The molecule has 0 radical (unpaired) electrons. The molecule has 1 aliphatic rings. The van der Waals surface area contributed by atoms with Crippen molar-refractivity contribution in [3.8, 4) is 11.5 Å². The van der Waals surface area contributed by atoms with Crippen LogP contribution in [0.5, 0.6) is 11.5 Å². The van der Waals surface area contributed by atoms with Crippen LogP contribution in [0.1, 0.15) is 27.9 Å². The molecule has 4 rings (SSSR count). The number of rotatable bonds is 7. The van der Waals surface area contributed by atoms with Gasteiger partial charge < -0.3 is 14.4 Å². The second-order valence-electron chi connectivity index (χ2n) is 8.72. The molecule has 0 unspecified atom stereocenters. The lowest BCUT2D eigenvalue weighted by Crippen LogP contribution is -2.43. The Labute approximate surface area is 214 Å². The Bertz CT molecular complexity index is 1310. The van der Waals surface area contributed by atoms with Crippen LogP contribution in [-0.2, 0) is 19.1 Å². The second-order valence-corrected chi connectivity index (χ2v) is 8.72. The summed E-state index contributed by atoms with van der Waals surface area (Å²) in [5.41, 5.74) is 7.76. The molecule has 1 saturated heterocycles. The number of amides is 3. The standard InChI is InChI=1S/C28H27N3O6/c1-18-8-11-24(14-19(18)2)37-23-12-9-22(10-13-23)31-16-21(15-26(31)33)28(35)36-17-25(32)29-30-27(34)20-6-4-3-5-7-20/h3-14,21H,15-17H2,1-2H3,(H,29,32)(H,30,34)/t21-/m0/s1. The lowest BCUT2D eigenvalue weighted by Gasteiger charge is -2.17. The minimum absolute atomic E-state index is 0.0217. The number of carbonyl (C=O) groups is 4. The zero-order chi connectivity index (χ0) is 26.4. The molecule has 3 aromatic carbocycles. The molecule has 0 spiro atoms. The maximum absolute atomic E-state index is 12.5. The fraction of sp³-hybridized carbons (Fsp3) is 0.214. The first-order chi connectivity index (χ1) is 17.8. The molecule has 1 heterocycles. The average molecular weight is 502 g/mol. The number of ether oxygens (including phenoxy) is 2. The fourth-order valence-corrected chi connectivity index (χ4v) is 3.80. The molecule has 9 heteroatoms. The van der Waals surface area contributed by atoms with Gasteiger partial charge in [-0.2, -0.15) is 0 Å². The van der Waals surface area contributed by atoms with Gasteiger partial charge in [0.05, 0.1) is 5.92 Å². The van der Waals surface area contributed by atoms with E-state index in [1.807, 2.05) is 32.0 Å².